The average molecular weight is 373 g/mol. The second-order valence-corrected chi connectivity index (χ2v) is 8.32. The lowest BCUT2D eigenvalue weighted by Crippen LogP contribution is -2.17. The van der Waals surface area contributed by atoms with E-state index in [0.717, 1.165) is 40.6 Å². The summed E-state index contributed by atoms with van der Waals surface area (Å²) < 4.78 is 19.0. The molecule has 3 rings (SSSR count). The van der Waals surface area contributed by atoms with Crippen LogP contribution in [-0.4, -0.2) is 27.6 Å². The Hall–Kier alpha value is -0.880. The highest BCUT2D eigenvalue weighted by Crippen LogP contribution is 2.49. The Bertz CT molecular complexity index is 610. The van der Waals surface area contributed by atoms with Gasteiger partial charge in [0.15, 0.2) is 0 Å². The molecule has 21 heavy (non-hydrogen) atoms. The van der Waals surface area contributed by atoms with Crippen molar-refractivity contribution < 1.29 is 18.8 Å². The normalized spacial score (nSPS) is 19.7. The molecule has 114 valence electrons. The maximum absolute atomic E-state index is 12.4. The number of rotatable bonds is 6. The van der Waals surface area contributed by atoms with Crippen LogP contribution in [-0.2, 0) is 27.8 Å². The Morgan fingerprint density at radius 3 is 2.86 bits per heavy atom. The van der Waals surface area contributed by atoms with Gasteiger partial charge in [-0.05, 0) is 36.0 Å². The zero-order valence-electron chi connectivity index (χ0n) is 11.6. The number of carboxylic acids is 1. The molecule has 0 bridgehead atoms. The summed E-state index contributed by atoms with van der Waals surface area (Å²) in [5, 5.41) is 8.93. The highest BCUT2D eigenvalue weighted by molar-refractivity contribution is 9.10. The summed E-state index contributed by atoms with van der Waals surface area (Å²) in [6.45, 7) is 0.675. The molecule has 0 amide bonds. The largest absolute Gasteiger partial charge is 0.493 e. The molecule has 1 N–H and O–H groups in total. The van der Waals surface area contributed by atoms with Gasteiger partial charge in [0.05, 0.1) is 18.8 Å². The van der Waals surface area contributed by atoms with Crippen molar-refractivity contribution in [3.63, 3.8) is 0 Å². The molecular weight excluding hydrogens is 356 g/mol. The van der Waals surface area contributed by atoms with Crippen LogP contribution in [0.25, 0.3) is 0 Å². The van der Waals surface area contributed by atoms with E-state index in [1.165, 1.54) is 0 Å². The Morgan fingerprint density at radius 2 is 2.19 bits per heavy atom. The Labute approximate surface area is 134 Å². The van der Waals surface area contributed by atoms with Gasteiger partial charge in [-0.3, -0.25) is 9.00 Å². The van der Waals surface area contributed by atoms with Gasteiger partial charge in [0.25, 0.3) is 0 Å². The van der Waals surface area contributed by atoms with Crippen LogP contribution in [0.1, 0.15) is 30.4 Å². The van der Waals surface area contributed by atoms with Crippen LogP contribution in [0.4, 0.5) is 0 Å². The minimum atomic E-state index is -1.06. The van der Waals surface area contributed by atoms with E-state index in [-0.39, 0.29) is 11.8 Å². The number of carbonyl (C=O) groups is 1. The molecule has 0 spiro atoms. The lowest BCUT2D eigenvalue weighted by molar-refractivity contribution is -0.138. The molecule has 0 radical (unpaired) electrons. The summed E-state index contributed by atoms with van der Waals surface area (Å²) in [6, 6.07) is 4.00. The van der Waals surface area contributed by atoms with Gasteiger partial charge < -0.3 is 9.84 Å². The Balaban J connectivity index is 1.70. The smallest absolute Gasteiger partial charge is 0.303 e. The van der Waals surface area contributed by atoms with Gasteiger partial charge in [-0.25, -0.2) is 0 Å². The molecule has 1 aromatic rings. The van der Waals surface area contributed by atoms with Crippen molar-refractivity contribution >= 4 is 32.7 Å². The summed E-state index contributed by atoms with van der Waals surface area (Å²) in [6.07, 6.45) is 2.76. The molecule has 1 aromatic carbocycles. The van der Waals surface area contributed by atoms with Crippen molar-refractivity contribution in [2.24, 2.45) is 5.41 Å². The zero-order valence-corrected chi connectivity index (χ0v) is 14.0. The van der Waals surface area contributed by atoms with Crippen LogP contribution >= 0.6 is 15.9 Å². The SMILES string of the molecule is O=C(O)CC1(CS(=O)Cc2cc(Br)cc3c2OCC3)CC1. The fourth-order valence-corrected chi connectivity index (χ4v) is 5.18. The van der Waals surface area contributed by atoms with Gasteiger partial charge in [-0.15, -0.1) is 0 Å². The second kappa shape index (κ2) is 5.72. The molecule has 0 saturated heterocycles. The van der Waals surface area contributed by atoms with Gasteiger partial charge in [-0.1, -0.05) is 15.9 Å². The van der Waals surface area contributed by atoms with Crippen LogP contribution in [0, 0.1) is 5.41 Å². The lowest BCUT2D eigenvalue weighted by atomic mass is 10.1. The Kier molecular flexibility index (Phi) is 4.10. The standard InChI is InChI=1S/C15H17BrO4S/c16-12-5-10-1-4-20-14(10)11(6-12)8-21(19)9-15(2-3-15)7-13(17)18/h5-6H,1-4,7-9H2,(H,17,18). The quantitative estimate of drug-likeness (QED) is 0.833. The van der Waals surface area contributed by atoms with Gasteiger partial charge in [0.1, 0.15) is 5.75 Å². The molecule has 1 aliphatic heterocycles. The first-order valence-corrected chi connectivity index (χ1v) is 9.26. The van der Waals surface area contributed by atoms with E-state index in [1.807, 2.05) is 12.1 Å². The highest BCUT2D eigenvalue weighted by atomic mass is 79.9. The zero-order chi connectivity index (χ0) is 15.0. The van der Waals surface area contributed by atoms with Gasteiger partial charge in [0, 0.05) is 33.0 Å². The molecule has 4 nitrogen and oxygen atoms in total. The van der Waals surface area contributed by atoms with E-state index in [0.29, 0.717) is 18.1 Å². The Morgan fingerprint density at radius 1 is 1.43 bits per heavy atom. The number of hydrogen-bond acceptors (Lipinski definition) is 3. The highest BCUT2D eigenvalue weighted by Gasteiger charge is 2.45. The number of hydrogen-bond donors (Lipinski definition) is 1. The molecule has 1 aliphatic carbocycles. The molecule has 1 atom stereocenters. The fourth-order valence-electron chi connectivity index (χ4n) is 2.89. The molecular formula is C15H17BrO4S. The van der Waals surface area contributed by atoms with Gasteiger partial charge >= 0.3 is 5.97 Å². The summed E-state index contributed by atoms with van der Waals surface area (Å²) in [4.78, 5) is 10.9. The number of fused-ring (bicyclic) bond motifs is 1. The average Bonchev–Trinajstić information content (AvgIpc) is 2.94. The molecule has 1 heterocycles. The maximum atomic E-state index is 12.4. The minimum Gasteiger partial charge on any atom is -0.493 e. The number of carboxylic acid groups (broad SMARTS) is 1. The van der Waals surface area contributed by atoms with Crippen LogP contribution < -0.4 is 4.74 Å². The van der Waals surface area contributed by atoms with E-state index < -0.39 is 16.8 Å². The van der Waals surface area contributed by atoms with Crippen molar-refractivity contribution in [2.45, 2.75) is 31.4 Å². The fraction of sp³-hybridized carbons (Fsp3) is 0.533. The number of halogens is 1. The van der Waals surface area contributed by atoms with Crippen molar-refractivity contribution in [2.75, 3.05) is 12.4 Å². The van der Waals surface area contributed by atoms with Gasteiger partial charge in [-0.2, -0.15) is 0 Å². The van der Waals surface area contributed by atoms with Gasteiger partial charge in [0.2, 0.25) is 0 Å². The molecule has 1 saturated carbocycles. The van der Waals surface area contributed by atoms with E-state index in [9.17, 15) is 9.00 Å². The number of aliphatic carboxylic acids is 1. The van der Waals surface area contributed by atoms with E-state index in [1.54, 1.807) is 0 Å². The van der Waals surface area contributed by atoms with Crippen LogP contribution in [0.3, 0.4) is 0 Å². The summed E-state index contributed by atoms with van der Waals surface area (Å²) >= 11 is 3.48. The first-order valence-electron chi connectivity index (χ1n) is 6.98. The monoisotopic (exact) mass is 372 g/mol. The third-order valence-corrected chi connectivity index (χ3v) is 6.12. The van der Waals surface area contributed by atoms with Crippen molar-refractivity contribution in [1.82, 2.24) is 0 Å². The first-order chi connectivity index (χ1) is 9.97. The maximum Gasteiger partial charge on any atom is 0.303 e. The molecule has 6 heteroatoms. The van der Waals surface area contributed by atoms with Crippen molar-refractivity contribution in [1.29, 1.82) is 0 Å². The molecule has 1 unspecified atom stereocenters. The number of benzene rings is 1. The lowest BCUT2D eigenvalue weighted by Gasteiger charge is -2.13. The predicted octanol–water partition coefficient (Wildman–Crippen LogP) is 2.89. The second-order valence-electron chi connectivity index (χ2n) is 5.95. The van der Waals surface area contributed by atoms with Crippen LogP contribution in [0.15, 0.2) is 16.6 Å². The molecule has 2 aliphatic rings. The van der Waals surface area contributed by atoms with E-state index in [2.05, 4.69) is 15.9 Å². The predicted molar refractivity (Wildman–Crippen MR) is 84.0 cm³/mol. The van der Waals surface area contributed by atoms with E-state index >= 15 is 0 Å². The number of ether oxygens (including phenoxy) is 1. The summed E-state index contributed by atoms with van der Waals surface area (Å²) in [7, 11) is -1.06. The first kappa shape index (κ1) is 15.0. The third-order valence-electron chi connectivity index (χ3n) is 4.09. The van der Waals surface area contributed by atoms with E-state index in [4.69, 9.17) is 9.84 Å². The van der Waals surface area contributed by atoms with Crippen molar-refractivity contribution in [3.05, 3.63) is 27.7 Å². The summed E-state index contributed by atoms with van der Waals surface area (Å²) in [5.41, 5.74) is 1.89. The summed E-state index contributed by atoms with van der Waals surface area (Å²) in [5.74, 6) is 0.981. The van der Waals surface area contributed by atoms with Crippen LogP contribution in [0.5, 0.6) is 5.75 Å². The van der Waals surface area contributed by atoms with Crippen molar-refractivity contribution in [3.8, 4) is 5.75 Å². The molecule has 1 fully saturated rings. The third kappa shape index (κ3) is 3.48. The topological polar surface area (TPSA) is 63.6 Å². The van der Waals surface area contributed by atoms with Crippen LogP contribution in [0.2, 0.25) is 0 Å². The molecule has 0 aromatic heterocycles. The minimum absolute atomic E-state index is 0.131.